The molecule has 39 heavy (non-hydrogen) atoms. The number of carbonyl (C=O) groups is 3. The van der Waals surface area contributed by atoms with E-state index in [0.29, 0.717) is 11.8 Å². The minimum Gasteiger partial charge on any atom is -0.454 e. The lowest BCUT2D eigenvalue weighted by molar-refractivity contribution is -0.152. The van der Waals surface area contributed by atoms with Crippen LogP contribution >= 0.6 is 0 Å². The van der Waals surface area contributed by atoms with Crippen molar-refractivity contribution in [3.63, 3.8) is 0 Å². The van der Waals surface area contributed by atoms with Crippen molar-refractivity contribution in [2.24, 2.45) is 11.8 Å². The van der Waals surface area contributed by atoms with Gasteiger partial charge < -0.3 is 15.4 Å². The molecule has 0 heterocycles. The first-order valence-electron chi connectivity index (χ1n) is 13.8. The fraction of sp³-hybridized carbons (Fsp3) is 0.364. The number of carbonyl (C=O) groups excluding carboxylic acids is 3. The zero-order chi connectivity index (χ0) is 27.6. The van der Waals surface area contributed by atoms with Gasteiger partial charge in [-0.05, 0) is 34.9 Å². The highest BCUT2D eigenvalue weighted by molar-refractivity contribution is 5.91. The van der Waals surface area contributed by atoms with Gasteiger partial charge in [-0.25, -0.2) is 4.79 Å². The molecule has 1 aliphatic carbocycles. The molecule has 1 aliphatic rings. The molecule has 4 atom stereocenters. The number of benzene rings is 3. The predicted molar refractivity (Wildman–Crippen MR) is 152 cm³/mol. The van der Waals surface area contributed by atoms with Crippen LogP contribution in [0.3, 0.4) is 0 Å². The summed E-state index contributed by atoms with van der Waals surface area (Å²) in [6.07, 6.45) is 3.42. The number of esters is 1. The minimum absolute atomic E-state index is 0.0808. The maximum Gasteiger partial charge on any atom is 0.329 e. The summed E-state index contributed by atoms with van der Waals surface area (Å²) in [4.78, 5) is 39.7. The topological polar surface area (TPSA) is 84.5 Å². The van der Waals surface area contributed by atoms with Gasteiger partial charge in [0.2, 0.25) is 5.91 Å². The Morgan fingerprint density at radius 3 is 1.97 bits per heavy atom. The van der Waals surface area contributed by atoms with Crippen LogP contribution in [0.4, 0.5) is 0 Å². The second kappa shape index (κ2) is 13.7. The number of amides is 2. The van der Waals surface area contributed by atoms with Crippen LogP contribution in [0.5, 0.6) is 0 Å². The average molecular weight is 527 g/mol. The quantitative estimate of drug-likeness (QED) is 0.363. The predicted octanol–water partition coefficient (Wildman–Crippen LogP) is 5.03. The summed E-state index contributed by atoms with van der Waals surface area (Å²) < 4.78 is 5.47. The van der Waals surface area contributed by atoms with E-state index in [1.54, 1.807) is 0 Å². The molecule has 0 bridgehead atoms. The second-order valence-electron chi connectivity index (χ2n) is 10.6. The molecule has 3 aromatic rings. The Morgan fingerprint density at radius 1 is 0.821 bits per heavy atom. The zero-order valence-electron chi connectivity index (χ0n) is 22.7. The Kier molecular flexibility index (Phi) is 9.90. The van der Waals surface area contributed by atoms with Crippen molar-refractivity contribution in [3.8, 4) is 0 Å². The summed E-state index contributed by atoms with van der Waals surface area (Å²) in [6.45, 7) is 3.98. The minimum atomic E-state index is -0.948. The zero-order valence-corrected chi connectivity index (χ0v) is 22.7. The fourth-order valence-electron chi connectivity index (χ4n) is 5.36. The molecular formula is C33H38N2O4. The van der Waals surface area contributed by atoms with E-state index in [2.05, 4.69) is 24.5 Å². The molecule has 0 saturated heterocycles. The van der Waals surface area contributed by atoms with Gasteiger partial charge in [0.25, 0.3) is 5.91 Å². The lowest BCUT2D eigenvalue weighted by Crippen LogP contribution is -2.48. The molecule has 0 aliphatic heterocycles. The molecule has 0 spiro atoms. The first kappa shape index (κ1) is 28.1. The van der Waals surface area contributed by atoms with E-state index in [0.717, 1.165) is 36.0 Å². The number of ether oxygens (including phenoxy) is 1. The Labute approximate surface area is 231 Å². The molecule has 0 aromatic heterocycles. The molecule has 0 radical (unpaired) electrons. The molecule has 0 unspecified atom stereocenters. The van der Waals surface area contributed by atoms with Crippen molar-refractivity contribution in [2.45, 2.75) is 57.5 Å². The first-order chi connectivity index (χ1) is 18.9. The summed E-state index contributed by atoms with van der Waals surface area (Å²) in [5.41, 5.74) is 2.52. The summed E-state index contributed by atoms with van der Waals surface area (Å²) in [5, 5.41) is 5.98. The Morgan fingerprint density at radius 2 is 1.38 bits per heavy atom. The Hall–Kier alpha value is -3.93. The van der Waals surface area contributed by atoms with E-state index >= 15 is 0 Å². The third-order valence-corrected chi connectivity index (χ3v) is 7.81. The number of hydrogen-bond acceptors (Lipinski definition) is 4. The molecule has 4 rings (SSSR count). The van der Waals surface area contributed by atoms with E-state index in [4.69, 9.17) is 4.74 Å². The van der Waals surface area contributed by atoms with E-state index in [9.17, 15) is 14.4 Å². The van der Waals surface area contributed by atoms with E-state index in [1.165, 1.54) is 0 Å². The molecule has 3 aromatic carbocycles. The third-order valence-electron chi connectivity index (χ3n) is 7.81. The van der Waals surface area contributed by atoms with Gasteiger partial charge in [-0.3, -0.25) is 9.59 Å². The van der Waals surface area contributed by atoms with Crippen molar-refractivity contribution < 1.29 is 19.1 Å². The van der Waals surface area contributed by atoms with Gasteiger partial charge in [0.15, 0.2) is 6.61 Å². The van der Waals surface area contributed by atoms with Crippen LogP contribution in [-0.2, 0) is 25.5 Å². The Bertz CT molecular complexity index is 1180. The lowest BCUT2D eigenvalue weighted by atomic mass is 9.78. The van der Waals surface area contributed by atoms with Crippen molar-refractivity contribution in [3.05, 3.63) is 108 Å². The van der Waals surface area contributed by atoms with Crippen LogP contribution in [0.1, 0.15) is 55.7 Å². The summed E-state index contributed by atoms with van der Waals surface area (Å²) >= 11 is 0. The maximum atomic E-state index is 13.7. The van der Waals surface area contributed by atoms with Crippen molar-refractivity contribution in [1.82, 2.24) is 10.6 Å². The smallest absolute Gasteiger partial charge is 0.329 e. The van der Waals surface area contributed by atoms with Gasteiger partial charge in [0.1, 0.15) is 6.04 Å². The molecule has 1 saturated carbocycles. The summed E-state index contributed by atoms with van der Waals surface area (Å²) in [6, 6.07) is 27.6. The lowest BCUT2D eigenvalue weighted by Gasteiger charge is -2.34. The van der Waals surface area contributed by atoms with E-state index in [1.807, 2.05) is 91.0 Å². The van der Waals surface area contributed by atoms with E-state index < -0.39 is 17.9 Å². The molecule has 1 fully saturated rings. The van der Waals surface area contributed by atoms with Crippen molar-refractivity contribution in [2.75, 3.05) is 6.61 Å². The van der Waals surface area contributed by atoms with Gasteiger partial charge in [-0.1, -0.05) is 118 Å². The van der Waals surface area contributed by atoms with Crippen LogP contribution in [0.25, 0.3) is 0 Å². The number of hydrogen-bond donors (Lipinski definition) is 2. The van der Waals surface area contributed by atoms with E-state index in [-0.39, 0.29) is 30.9 Å². The largest absolute Gasteiger partial charge is 0.454 e. The van der Waals surface area contributed by atoms with Crippen molar-refractivity contribution in [1.29, 1.82) is 0 Å². The molecule has 204 valence electrons. The van der Waals surface area contributed by atoms with Crippen LogP contribution in [0.15, 0.2) is 91.0 Å². The normalized spacial score (nSPS) is 19.6. The van der Waals surface area contributed by atoms with Crippen molar-refractivity contribution >= 4 is 17.8 Å². The first-order valence-corrected chi connectivity index (χ1v) is 13.8. The second-order valence-corrected chi connectivity index (χ2v) is 10.6. The SMILES string of the molecule is C[C@H]1[C@H](C)CCC[C@@H]1NC(=O)COC(=O)[C@H](Cc1ccccc1)NC(=O)C(c1ccccc1)c1ccccc1. The molecule has 2 N–H and O–H groups in total. The number of nitrogens with one attached hydrogen (secondary N) is 2. The standard InChI is InChI=1S/C33H38N2O4/c1-23-13-12-20-28(24(23)2)34-30(36)22-39-33(38)29(21-25-14-6-3-7-15-25)35-32(37)31(26-16-8-4-9-17-26)27-18-10-5-11-19-27/h3-11,14-19,23-24,28-29,31H,12-13,20-22H2,1-2H3,(H,34,36)(H,35,37)/t23-,24+,28+,29+/m1/s1. The van der Waals surface area contributed by atoms with Crippen LogP contribution in [0.2, 0.25) is 0 Å². The van der Waals surface area contributed by atoms with Gasteiger partial charge in [0.05, 0.1) is 5.92 Å². The maximum absolute atomic E-state index is 13.7. The van der Waals surface area contributed by atoms with Gasteiger partial charge in [-0.2, -0.15) is 0 Å². The van der Waals surface area contributed by atoms with Gasteiger partial charge >= 0.3 is 5.97 Å². The van der Waals surface area contributed by atoms with Crippen LogP contribution in [-0.4, -0.2) is 36.5 Å². The highest BCUT2D eigenvalue weighted by Gasteiger charge is 2.31. The summed E-state index contributed by atoms with van der Waals surface area (Å²) in [7, 11) is 0. The average Bonchev–Trinajstić information content (AvgIpc) is 2.96. The molecule has 6 nitrogen and oxygen atoms in total. The van der Waals surface area contributed by atoms with Gasteiger partial charge in [0, 0.05) is 12.5 Å². The monoisotopic (exact) mass is 526 g/mol. The molecular weight excluding hydrogens is 488 g/mol. The van der Waals surface area contributed by atoms with Crippen LogP contribution < -0.4 is 10.6 Å². The summed E-state index contributed by atoms with van der Waals surface area (Å²) in [5.74, 6) is -0.940. The highest BCUT2D eigenvalue weighted by Crippen LogP contribution is 2.29. The third kappa shape index (κ3) is 7.79. The number of rotatable bonds is 10. The van der Waals surface area contributed by atoms with Gasteiger partial charge in [-0.15, -0.1) is 0 Å². The molecule has 6 heteroatoms. The Balaban J connectivity index is 1.47. The fourth-order valence-corrected chi connectivity index (χ4v) is 5.36. The molecule has 2 amide bonds. The van der Waals surface area contributed by atoms with Crippen LogP contribution in [0, 0.1) is 11.8 Å². The highest BCUT2D eigenvalue weighted by atomic mass is 16.5.